The molecule has 4 rings (SSSR count). The molecule has 0 spiro atoms. The first-order chi connectivity index (χ1) is 17.3. The number of aryl methyl sites for hydroxylation is 1. The SMILES string of the molecule is CCOC(=O)[C@H]1CCCN(C(=O)c2nn(-c3cccc(C)c3)c(=O)n(Cc3cccc(F)c3)c2=O)C1. The summed E-state index contributed by atoms with van der Waals surface area (Å²) in [6.45, 7) is 3.97. The smallest absolute Gasteiger partial charge is 0.352 e. The Morgan fingerprint density at radius 2 is 1.92 bits per heavy atom. The summed E-state index contributed by atoms with van der Waals surface area (Å²) >= 11 is 0. The molecule has 0 N–H and O–H groups in total. The number of amides is 1. The minimum absolute atomic E-state index is 0.0895. The fourth-order valence-corrected chi connectivity index (χ4v) is 4.30. The van der Waals surface area contributed by atoms with Gasteiger partial charge in [-0.05, 0) is 62.1 Å². The summed E-state index contributed by atoms with van der Waals surface area (Å²) in [6.07, 6.45) is 1.13. The number of esters is 1. The number of carbonyl (C=O) groups excluding carboxylic acids is 2. The Hall–Kier alpha value is -4.08. The van der Waals surface area contributed by atoms with Crippen molar-refractivity contribution in [3.05, 3.63) is 92.0 Å². The molecule has 1 atom stereocenters. The van der Waals surface area contributed by atoms with Crippen molar-refractivity contribution < 1.29 is 18.7 Å². The van der Waals surface area contributed by atoms with Gasteiger partial charge in [-0.3, -0.25) is 19.0 Å². The van der Waals surface area contributed by atoms with Gasteiger partial charge in [0, 0.05) is 13.1 Å². The minimum atomic E-state index is -0.878. The molecule has 0 radical (unpaired) electrons. The molecule has 10 heteroatoms. The van der Waals surface area contributed by atoms with E-state index < -0.39 is 40.6 Å². The third-order valence-corrected chi connectivity index (χ3v) is 6.07. The van der Waals surface area contributed by atoms with Crippen molar-refractivity contribution in [1.29, 1.82) is 0 Å². The highest BCUT2D eigenvalue weighted by Gasteiger charge is 2.32. The van der Waals surface area contributed by atoms with Crippen LogP contribution in [0.3, 0.4) is 0 Å². The monoisotopic (exact) mass is 494 g/mol. The average Bonchev–Trinajstić information content (AvgIpc) is 2.86. The van der Waals surface area contributed by atoms with Crippen LogP contribution in [0.1, 0.15) is 41.4 Å². The van der Waals surface area contributed by atoms with Gasteiger partial charge in [-0.2, -0.15) is 9.78 Å². The van der Waals surface area contributed by atoms with Crippen molar-refractivity contribution in [2.24, 2.45) is 5.92 Å². The van der Waals surface area contributed by atoms with E-state index in [1.165, 1.54) is 23.1 Å². The molecular weight excluding hydrogens is 467 g/mol. The lowest BCUT2D eigenvalue weighted by Gasteiger charge is -2.31. The second-order valence-electron chi connectivity index (χ2n) is 8.75. The van der Waals surface area contributed by atoms with E-state index in [4.69, 9.17) is 4.74 Å². The summed E-state index contributed by atoms with van der Waals surface area (Å²) < 4.78 is 20.8. The highest BCUT2D eigenvalue weighted by atomic mass is 19.1. The second kappa shape index (κ2) is 10.7. The first-order valence-electron chi connectivity index (χ1n) is 11.8. The molecule has 1 aromatic heterocycles. The maximum absolute atomic E-state index is 13.8. The normalized spacial score (nSPS) is 15.5. The Kier molecular flexibility index (Phi) is 7.42. The Morgan fingerprint density at radius 3 is 2.64 bits per heavy atom. The third kappa shape index (κ3) is 5.27. The number of nitrogens with zero attached hydrogens (tertiary/aromatic N) is 4. The minimum Gasteiger partial charge on any atom is -0.466 e. The molecule has 36 heavy (non-hydrogen) atoms. The molecule has 3 aromatic rings. The van der Waals surface area contributed by atoms with Crippen molar-refractivity contribution in [2.75, 3.05) is 19.7 Å². The number of hydrogen-bond acceptors (Lipinski definition) is 6. The summed E-state index contributed by atoms with van der Waals surface area (Å²) in [4.78, 5) is 53.9. The largest absolute Gasteiger partial charge is 0.466 e. The molecule has 9 nitrogen and oxygen atoms in total. The van der Waals surface area contributed by atoms with Crippen LogP contribution in [0, 0.1) is 18.7 Å². The molecule has 1 aliphatic heterocycles. The zero-order chi connectivity index (χ0) is 25.8. The van der Waals surface area contributed by atoms with E-state index in [-0.39, 0.29) is 19.7 Å². The molecule has 2 heterocycles. The Labute approximate surface area is 206 Å². The zero-order valence-electron chi connectivity index (χ0n) is 20.1. The highest BCUT2D eigenvalue weighted by Crippen LogP contribution is 2.19. The van der Waals surface area contributed by atoms with Gasteiger partial charge in [-0.15, -0.1) is 0 Å². The van der Waals surface area contributed by atoms with Crippen LogP contribution in [0.2, 0.25) is 0 Å². The molecule has 1 aliphatic rings. The van der Waals surface area contributed by atoms with Crippen LogP contribution in [-0.4, -0.2) is 50.8 Å². The topological polar surface area (TPSA) is 104 Å². The van der Waals surface area contributed by atoms with Crippen molar-refractivity contribution in [1.82, 2.24) is 19.2 Å². The molecule has 1 amide bonds. The van der Waals surface area contributed by atoms with Gasteiger partial charge in [-0.25, -0.2) is 9.18 Å². The molecule has 2 aromatic carbocycles. The van der Waals surface area contributed by atoms with Crippen molar-refractivity contribution in [3.63, 3.8) is 0 Å². The van der Waals surface area contributed by atoms with Crippen LogP contribution in [-0.2, 0) is 16.1 Å². The van der Waals surface area contributed by atoms with Gasteiger partial charge in [0.15, 0.2) is 0 Å². The lowest BCUT2D eigenvalue weighted by molar-refractivity contribution is -0.149. The van der Waals surface area contributed by atoms with Crippen molar-refractivity contribution in [3.8, 4) is 5.69 Å². The Balaban J connectivity index is 1.79. The van der Waals surface area contributed by atoms with Gasteiger partial charge in [0.05, 0.1) is 24.8 Å². The molecule has 0 saturated carbocycles. The molecule has 0 unspecified atom stereocenters. The number of aromatic nitrogens is 3. The number of hydrogen-bond donors (Lipinski definition) is 0. The molecule has 0 bridgehead atoms. The van der Waals surface area contributed by atoms with Gasteiger partial charge in [0.25, 0.3) is 11.5 Å². The third-order valence-electron chi connectivity index (χ3n) is 6.07. The van der Waals surface area contributed by atoms with Gasteiger partial charge >= 0.3 is 11.7 Å². The van der Waals surface area contributed by atoms with Gasteiger partial charge in [0.2, 0.25) is 5.69 Å². The zero-order valence-corrected chi connectivity index (χ0v) is 20.1. The summed E-state index contributed by atoms with van der Waals surface area (Å²) in [6, 6.07) is 12.5. The number of ether oxygens (including phenoxy) is 1. The Morgan fingerprint density at radius 1 is 1.14 bits per heavy atom. The van der Waals surface area contributed by atoms with Crippen LogP contribution >= 0.6 is 0 Å². The van der Waals surface area contributed by atoms with Crippen LogP contribution in [0.4, 0.5) is 4.39 Å². The lowest BCUT2D eigenvalue weighted by Crippen LogP contribution is -2.49. The quantitative estimate of drug-likeness (QED) is 0.487. The summed E-state index contributed by atoms with van der Waals surface area (Å²) in [5.41, 5.74) is -0.465. The van der Waals surface area contributed by atoms with Gasteiger partial charge < -0.3 is 9.64 Å². The van der Waals surface area contributed by atoms with Gasteiger partial charge in [0.1, 0.15) is 5.82 Å². The van der Waals surface area contributed by atoms with E-state index >= 15 is 0 Å². The van der Waals surface area contributed by atoms with Crippen LogP contribution in [0.5, 0.6) is 0 Å². The number of carbonyl (C=O) groups is 2. The summed E-state index contributed by atoms with van der Waals surface area (Å²) in [7, 11) is 0. The van der Waals surface area contributed by atoms with Crippen molar-refractivity contribution >= 4 is 11.9 Å². The predicted molar refractivity (Wildman–Crippen MR) is 130 cm³/mol. The molecule has 0 aliphatic carbocycles. The van der Waals surface area contributed by atoms with Crippen LogP contribution in [0.25, 0.3) is 5.69 Å². The van der Waals surface area contributed by atoms with E-state index in [1.54, 1.807) is 31.2 Å². The first-order valence-corrected chi connectivity index (χ1v) is 11.8. The summed E-state index contributed by atoms with van der Waals surface area (Å²) in [5.74, 6) is -2.08. The first kappa shape index (κ1) is 25.0. The fraction of sp³-hybridized carbons (Fsp3) is 0.346. The fourth-order valence-electron chi connectivity index (χ4n) is 4.30. The molecule has 188 valence electrons. The standard InChI is InChI=1S/C26H27FN4O5/c1-3-36-25(34)19-9-6-12-29(16-19)23(32)22-24(33)30(15-18-8-5-10-20(27)14-18)26(35)31(28-22)21-11-4-7-17(2)13-21/h4-5,7-8,10-11,13-14,19H,3,6,9,12,15-16H2,1-2H3/t19-/m0/s1. The second-order valence-corrected chi connectivity index (χ2v) is 8.75. The number of rotatable bonds is 6. The van der Waals surface area contributed by atoms with Crippen molar-refractivity contribution in [2.45, 2.75) is 33.2 Å². The number of halogens is 1. The lowest BCUT2D eigenvalue weighted by atomic mass is 9.98. The van der Waals surface area contributed by atoms with Crippen LogP contribution in [0.15, 0.2) is 58.1 Å². The highest BCUT2D eigenvalue weighted by molar-refractivity contribution is 5.92. The predicted octanol–water partition coefficient (Wildman–Crippen LogP) is 2.31. The maximum Gasteiger partial charge on any atom is 0.352 e. The molecule has 1 saturated heterocycles. The van der Waals surface area contributed by atoms with E-state index in [0.29, 0.717) is 30.6 Å². The average molecular weight is 495 g/mol. The number of likely N-dealkylation sites (tertiary alicyclic amines) is 1. The van der Waals surface area contributed by atoms with Gasteiger partial charge in [-0.1, -0.05) is 24.3 Å². The van der Waals surface area contributed by atoms with E-state index in [1.807, 2.05) is 13.0 Å². The van der Waals surface area contributed by atoms with E-state index in [9.17, 15) is 23.6 Å². The Bertz CT molecular complexity index is 1410. The number of piperidine rings is 1. The number of benzene rings is 2. The molecular formula is C26H27FN4O5. The van der Waals surface area contributed by atoms with Crippen LogP contribution < -0.4 is 11.2 Å². The van der Waals surface area contributed by atoms with E-state index in [2.05, 4.69) is 5.10 Å². The summed E-state index contributed by atoms with van der Waals surface area (Å²) in [5, 5.41) is 4.17. The molecule has 1 fully saturated rings. The maximum atomic E-state index is 13.8. The van der Waals surface area contributed by atoms with E-state index in [0.717, 1.165) is 14.8 Å².